The second-order valence-corrected chi connectivity index (χ2v) is 5.00. The molecule has 3 heteroatoms. The Bertz CT molecular complexity index is 428. The van der Waals surface area contributed by atoms with Crippen LogP contribution in [0.4, 0.5) is 0 Å². The van der Waals surface area contributed by atoms with Gasteiger partial charge in [-0.3, -0.25) is 4.79 Å². The number of carbonyl (C=O) groups excluding carboxylic acids is 1. The van der Waals surface area contributed by atoms with Crippen LogP contribution in [0.15, 0.2) is 18.2 Å². The highest BCUT2D eigenvalue weighted by Crippen LogP contribution is 2.20. The molecular formula is C14H20N2O. The van der Waals surface area contributed by atoms with Crippen LogP contribution in [0.25, 0.3) is 0 Å². The van der Waals surface area contributed by atoms with Crippen LogP contribution in [0.3, 0.4) is 0 Å². The molecule has 0 radical (unpaired) electrons. The summed E-state index contributed by atoms with van der Waals surface area (Å²) in [4.78, 5) is 13.7. The van der Waals surface area contributed by atoms with Crippen LogP contribution in [-0.4, -0.2) is 23.9 Å². The Balaban J connectivity index is 2.06. The van der Waals surface area contributed by atoms with Crippen molar-refractivity contribution in [1.82, 2.24) is 4.90 Å². The normalized spacial score (nSPS) is 20.1. The SMILES string of the molecule is Cc1ccc(CN2CC(CN)CC2=O)cc1C. The third-order valence-electron chi connectivity index (χ3n) is 3.57. The Morgan fingerprint density at radius 2 is 2.12 bits per heavy atom. The number of rotatable bonds is 3. The molecule has 1 aliphatic heterocycles. The highest BCUT2D eigenvalue weighted by molar-refractivity contribution is 5.78. The van der Waals surface area contributed by atoms with Gasteiger partial charge in [0.25, 0.3) is 0 Å². The zero-order chi connectivity index (χ0) is 12.4. The Labute approximate surface area is 103 Å². The van der Waals surface area contributed by atoms with Gasteiger partial charge in [0.15, 0.2) is 0 Å². The molecule has 1 heterocycles. The van der Waals surface area contributed by atoms with Crippen LogP contribution in [-0.2, 0) is 11.3 Å². The first-order chi connectivity index (χ1) is 8.10. The predicted molar refractivity (Wildman–Crippen MR) is 68.5 cm³/mol. The number of hydrogen-bond acceptors (Lipinski definition) is 2. The molecule has 0 aliphatic carbocycles. The lowest BCUT2D eigenvalue weighted by Gasteiger charge is -2.17. The van der Waals surface area contributed by atoms with E-state index in [1.54, 1.807) is 0 Å². The molecule has 0 saturated carbocycles. The number of benzene rings is 1. The summed E-state index contributed by atoms with van der Waals surface area (Å²) in [6.07, 6.45) is 0.612. The zero-order valence-electron chi connectivity index (χ0n) is 10.6. The Morgan fingerprint density at radius 1 is 1.35 bits per heavy atom. The van der Waals surface area contributed by atoms with Gasteiger partial charge in [0.05, 0.1) is 0 Å². The van der Waals surface area contributed by atoms with Crippen LogP contribution >= 0.6 is 0 Å². The summed E-state index contributed by atoms with van der Waals surface area (Å²) in [7, 11) is 0. The molecule has 92 valence electrons. The van der Waals surface area contributed by atoms with Crippen LogP contribution in [0.2, 0.25) is 0 Å². The third kappa shape index (κ3) is 2.67. The van der Waals surface area contributed by atoms with Gasteiger partial charge in [0.2, 0.25) is 5.91 Å². The summed E-state index contributed by atoms with van der Waals surface area (Å²) in [6.45, 7) is 6.34. The predicted octanol–water partition coefficient (Wildman–Crippen LogP) is 1.61. The van der Waals surface area contributed by atoms with Crippen LogP contribution in [0.5, 0.6) is 0 Å². The van der Waals surface area contributed by atoms with E-state index < -0.39 is 0 Å². The minimum Gasteiger partial charge on any atom is -0.338 e. The molecule has 1 amide bonds. The Kier molecular flexibility index (Phi) is 3.48. The molecule has 1 aromatic rings. The van der Waals surface area contributed by atoms with Gasteiger partial charge in [0.1, 0.15) is 0 Å². The monoisotopic (exact) mass is 232 g/mol. The maximum atomic E-state index is 11.8. The van der Waals surface area contributed by atoms with Gasteiger partial charge in [-0.05, 0) is 43.0 Å². The molecule has 1 fully saturated rings. The second-order valence-electron chi connectivity index (χ2n) is 5.00. The van der Waals surface area contributed by atoms with Gasteiger partial charge in [-0.2, -0.15) is 0 Å². The molecule has 1 aromatic carbocycles. The summed E-state index contributed by atoms with van der Waals surface area (Å²) in [5.74, 6) is 0.577. The molecule has 1 aliphatic rings. The quantitative estimate of drug-likeness (QED) is 0.860. The summed E-state index contributed by atoms with van der Waals surface area (Å²) in [5.41, 5.74) is 9.40. The number of aryl methyl sites for hydroxylation is 2. The standard InChI is InChI=1S/C14H20N2O/c1-10-3-4-12(5-11(10)2)8-16-9-13(7-15)6-14(16)17/h3-5,13H,6-9,15H2,1-2H3. The highest BCUT2D eigenvalue weighted by Gasteiger charge is 2.28. The summed E-state index contributed by atoms with van der Waals surface area (Å²) >= 11 is 0. The molecule has 3 nitrogen and oxygen atoms in total. The fraction of sp³-hybridized carbons (Fsp3) is 0.500. The first kappa shape index (κ1) is 12.1. The van der Waals surface area contributed by atoms with Crippen molar-refractivity contribution in [2.24, 2.45) is 11.7 Å². The van der Waals surface area contributed by atoms with E-state index in [0.29, 0.717) is 18.9 Å². The van der Waals surface area contributed by atoms with Crippen LogP contribution in [0, 0.1) is 19.8 Å². The lowest BCUT2D eigenvalue weighted by molar-refractivity contribution is -0.128. The topological polar surface area (TPSA) is 46.3 Å². The molecule has 1 saturated heterocycles. The maximum Gasteiger partial charge on any atom is 0.223 e. The first-order valence-electron chi connectivity index (χ1n) is 6.14. The van der Waals surface area contributed by atoms with Crippen molar-refractivity contribution in [2.45, 2.75) is 26.8 Å². The van der Waals surface area contributed by atoms with E-state index in [4.69, 9.17) is 5.73 Å². The summed E-state index contributed by atoms with van der Waals surface area (Å²) < 4.78 is 0. The van der Waals surface area contributed by atoms with Gasteiger partial charge in [-0.15, -0.1) is 0 Å². The average Bonchev–Trinajstić information content (AvgIpc) is 2.65. The Hall–Kier alpha value is -1.35. The van der Waals surface area contributed by atoms with E-state index >= 15 is 0 Å². The van der Waals surface area contributed by atoms with E-state index in [0.717, 1.165) is 13.1 Å². The van der Waals surface area contributed by atoms with E-state index in [1.807, 2.05) is 4.90 Å². The number of likely N-dealkylation sites (tertiary alicyclic amines) is 1. The number of amides is 1. The molecule has 0 bridgehead atoms. The van der Waals surface area contributed by atoms with Crippen molar-refractivity contribution in [2.75, 3.05) is 13.1 Å². The molecule has 1 unspecified atom stereocenters. The van der Waals surface area contributed by atoms with Crippen molar-refractivity contribution in [3.63, 3.8) is 0 Å². The summed E-state index contributed by atoms with van der Waals surface area (Å²) in [6, 6.07) is 6.38. The number of nitrogens with two attached hydrogens (primary N) is 1. The van der Waals surface area contributed by atoms with E-state index in [1.165, 1.54) is 16.7 Å². The van der Waals surface area contributed by atoms with Gasteiger partial charge in [0, 0.05) is 19.5 Å². The Morgan fingerprint density at radius 3 is 2.71 bits per heavy atom. The lowest BCUT2D eigenvalue weighted by Crippen LogP contribution is -2.25. The molecule has 0 aromatic heterocycles. The van der Waals surface area contributed by atoms with Crippen molar-refractivity contribution < 1.29 is 4.79 Å². The van der Waals surface area contributed by atoms with Crippen LogP contribution in [0.1, 0.15) is 23.1 Å². The maximum absolute atomic E-state index is 11.8. The van der Waals surface area contributed by atoms with E-state index in [-0.39, 0.29) is 5.91 Å². The first-order valence-corrected chi connectivity index (χ1v) is 6.14. The molecule has 2 N–H and O–H groups in total. The number of hydrogen-bond donors (Lipinski definition) is 1. The summed E-state index contributed by atoms with van der Waals surface area (Å²) in [5, 5.41) is 0. The molecule has 2 rings (SSSR count). The van der Waals surface area contributed by atoms with Gasteiger partial charge in [-0.25, -0.2) is 0 Å². The molecule has 17 heavy (non-hydrogen) atoms. The van der Waals surface area contributed by atoms with E-state index in [2.05, 4.69) is 32.0 Å². The molecule has 1 atom stereocenters. The number of nitrogens with zero attached hydrogens (tertiary/aromatic N) is 1. The molecule has 0 spiro atoms. The fourth-order valence-electron chi connectivity index (χ4n) is 2.29. The van der Waals surface area contributed by atoms with Crippen LogP contribution < -0.4 is 5.73 Å². The van der Waals surface area contributed by atoms with E-state index in [9.17, 15) is 4.79 Å². The highest BCUT2D eigenvalue weighted by atomic mass is 16.2. The lowest BCUT2D eigenvalue weighted by atomic mass is 10.1. The zero-order valence-corrected chi connectivity index (χ0v) is 10.6. The largest absolute Gasteiger partial charge is 0.338 e. The smallest absolute Gasteiger partial charge is 0.223 e. The second kappa shape index (κ2) is 4.88. The van der Waals surface area contributed by atoms with Crippen molar-refractivity contribution in [3.05, 3.63) is 34.9 Å². The minimum atomic E-state index is 0.235. The van der Waals surface area contributed by atoms with Crippen molar-refractivity contribution in [1.29, 1.82) is 0 Å². The van der Waals surface area contributed by atoms with Gasteiger partial charge in [-0.1, -0.05) is 18.2 Å². The van der Waals surface area contributed by atoms with Crippen molar-refractivity contribution >= 4 is 5.91 Å². The van der Waals surface area contributed by atoms with Crippen molar-refractivity contribution in [3.8, 4) is 0 Å². The van der Waals surface area contributed by atoms with Gasteiger partial charge < -0.3 is 10.6 Å². The third-order valence-corrected chi connectivity index (χ3v) is 3.57. The average molecular weight is 232 g/mol. The van der Waals surface area contributed by atoms with Gasteiger partial charge >= 0.3 is 0 Å². The number of carbonyl (C=O) groups is 1. The minimum absolute atomic E-state index is 0.235. The fourth-order valence-corrected chi connectivity index (χ4v) is 2.29. The molecular weight excluding hydrogens is 212 g/mol.